The predicted molar refractivity (Wildman–Crippen MR) is 147 cm³/mol. The standard InChI is InChI=1S/C29H30N2O8S/c32-16-18-6-8-19(9-7-18)24-15-22(17-40-27-23(28(36)37)3-2-14-30-27)38-29(39-24)20-10-12-21(13-11-20)31-25(33)4-1-5-26(34)35/h2-3,6-14,22,24,29,32H,1,4-5,15-17H2,(H,31,33)(H,34,35)(H,36,37). The van der Waals surface area contributed by atoms with Crippen LogP contribution in [0, 0.1) is 0 Å². The first-order valence-electron chi connectivity index (χ1n) is 12.8. The molecule has 1 amide bonds. The van der Waals surface area contributed by atoms with Crippen LogP contribution in [0.5, 0.6) is 0 Å². The average Bonchev–Trinajstić information content (AvgIpc) is 2.96. The van der Waals surface area contributed by atoms with Gasteiger partial charge in [0.25, 0.3) is 0 Å². The lowest BCUT2D eigenvalue weighted by Crippen LogP contribution is -2.31. The SMILES string of the molecule is O=C(O)CCCC(=O)Nc1ccc(C2OC(CSc3ncccc3C(=O)O)CC(c3ccc(CO)cc3)O2)cc1. The minimum absolute atomic E-state index is 0.0603. The fraction of sp³-hybridized carbons (Fsp3) is 0.310. The minimum atomic E-state index is -1.04. The van der Waals surface area contributed by atoms with Crippen molar-refractivity contribution in [1.29, 1.82) is 0 Å². The largest absolute Gasteiger partial charge is 0.481 e. The number of pyridine rings is 1. The van der Waals surface area contributed by atoms with E-state index in [1.54, 1.807) is 36.5 Å². The number of carboxylic acid groups (broad SMARTS) is 2. The van der Waals surface area contributed by atoms with E-state index < -0.39 is 18.2 Å². The summed E-state index contributed by atoms with van der Waals surface area (Å²) in [5.41, 5.74) is 3.15. The number of thioether (sulfide) groups is 1. The summed E-state index contributed by atoms with van der Waals surface area (Å²) in [7, 11) is 0. The molecule has 4 rings (SSSR count). The number of nitrogens with zero attached hydrogens (tertiary/aromatic N) is 1. The molecule has 1 aliphatic rings. The molecule has 3 aromatic rings. The monoisotopic (exact) mass is 566 g/mol. The summed E-state index contributed by atoms with van der Waals surface area (Å²) in [5, 5.41) is 30.8. The second kappa shape index (κ2) is 14.0. The number of aliphatic hydroxyl groups excluding tert-OH is 1. The van der Waals surface area contributed by atoms with Crippen molar-refractivity contribution in [1.82, 2.24) is 4.98 Å². The molecule has 10 nitrogen and oxygen atoms in total. The Bertz CT molecular complexity index is 1320. The summed E-state index contributed by atoms with van der Waals surface area (Å²) < 4.78 is 12.6. The average molecular weight is 567 g/mol. The smallest absolute Gasteiger partial charge is 0.338 e. The van der Waals surface area contributed by atoms with E-state index >= 15 is 0 Å². The van der Waals surface area contributed by atoms with Crippen LogP contribution in [0.3, 0.4) is 0 Å². The van der Waals surface area contributed by atoms with Crippen molar-refractivity contribution < 1.29 is 39.2 Å². The zero-order valence-corrected chi connectivity index (χ0v) is 22.4. The number of hydrogen-bond donors (Lipinski definition) is 4. The summed E-state index contributed by atoms with van der Waals surface area (Å²) in [5.74, 6) is -1.80. The van der Waals surface area contributed by atoms with Gasteiger partial charge in [0.05, 0.1) is 24.4 Å². The first kappa shape index (κ1) is 29.2. The van der Waals surface area contributed by atoms with Gasteiger partial charge in [-0.25, -0.2) is 9.78 Å². The lowest BCUT2D eigenvalue weighted by Gasteiger charge is -2.36. The molecular weight excluding hydrogens is 536 g/mol. The molecule has 0 radical (unpaired) electrons. The van der Waals surface area contributed by atoms with Crippen LogP contribution in [0.4, 0.5) is 5.69 Å². The summed E-state index contributed by atoms with van der Waals surface area (Å²) >= 11 is 1.31. The van der Waals surface area contributed by atoms with Gasteiger partial charge in [0.1, 0.15) is 5.03 Å². The fourth-order valence-corrected chi connectivity index (χ4v) is 5.22. The van der Waals surface area contributed by atoms with Gasteiger partial charge in [-0.05, 0) is 41.8 Å². The van der Waals surface area contributed by atoms with Gasteiger partial charge in [0.15, 0.2) is 6.29 Å². The van der Waals surface area contributed by atoms with Crippen molar-refractivity contribution in [3.8, 4) is 0 Å². The molecule has 11 heteroatoms. The number of ether oxygens (including phenoxy) is 2. The van der Waals surface area contributed by atoms with Crippen molar-refractivity contribution in [3.63, 3.8) is 0 Å². The molecule has 0 saturated carbocycles. The Morgan fingerprint density at radius 3 is 2.35 bits per heavy atom. The van der Waals surface area contributed by atoms with Crippen molar-refractivity contribution in [2.75, 3.05) is 11.1 Å². The van der Waals surface area contributed by atoms with Gasteiger partial charge in [-0.2, -0.15) is 0 Å². The van der Waals surface area contributed by atoms with E-state index in [1.165, 1.54) is 17.8 Å². The molecule has 0 aliphatic carbocycles. The van der Waals surface area contributed by atoms with Gasteiger partial charge in [0, 0.05) is 42.5 Å². The number of carbonyl (C=O) groups is 3. The maximum Gasteiger partial charge on any atom is 0.338 e. The number of amides is 1. The first-order valence-corrected chi connectivity index (χ1v) is 13.7. The van der Waals surface area contributed by atoms with Crippen LogP contribution < -0.4 is 5.32 Å². The quantitative estimate of drug-likeness (QED) is 0.225. The second-order valence-electron chi connectivity index (χ2n) is 9.24. The molecule has 0 spiro atoms. The number of nitrogens with one attached hydrogen (secondary N) is 1. The van der Waals surface area contributed by atoms with Gasteiger partial charge in [0.2, 0.25) is 5.91 Å². The van der Waals surface area contributed by atoms with Crippen LogP contribution in [0.1, 0.15) is 65.1 Å². The number of carboxylic acids is 2. The van der Waals surface area contributed by atoms with E-state index in [4.69, 9.17) is 14.6 Å². The molecule has 3 unspecified atom stereocenters. The maximum atomic E-state index is 12.1. The Labute approximate surface area is 235 Å². The topological polar surface area (TPSA) is 155 Å². The molecule has 1 saturated heterocycles. The summed E-state index contributed by atoms with van der Waals surface area (Å²) in [6.07, 6.45) is 1.07. The molecule has 0 bridgehead atoms. The Kier molecular flexibility index (Phi) is 10.3. The van der Waals surface area contributed by atoms with Crippen LogP contribution >= 0.6 is 11.8 Å². The summed E-state index contributed by atoms with van der Waals surface area (Å²) in [6, 6.07) is 17.6. The maximum absolute atomic E-state index is 12.1. The summed E-state index contributed by atoms with van der Waals surface area (Å²) in [6.45, 7) is -0.0603. The number of aromatic carboxylic acids is 1. The third-order valence-electron chi connectivity index (χ3n) is 6.28. The molecule has 3 atom stereocenters. The van der Waals surface area contributed by atoms with Crippen molar-refractivity contribution >= 4 is 35.3 Å². The molecule has 1 fully saturated rings. The summed E-state index contributed by atoms with van der Waals surface area (Å²) in [4.78, 5) is 38.6. The Hall–Kier alpha value is -3.77. The van der Waals surface area contributed by atoms with Crippen LogP contribution in [0.15, 0.2) is 71.9 Å². The molecule has 40 heavy (non-hydrogen) atoms. The number of aromatic nitrogens is 1. The van der Waals surface area contributed by atoms with E-state index in [0.717, 1.165) is 16.7 Å². The Balaban J connectivity index is 1.47. The van der Waals surface area contributed by atoms with Crippen LogP contribution in [-0.4, -0.2) is 50.0 Å². The van der Waals surface area contributed by atoms with E-state index in [-0.39, 0.29) is 49.5 Å². The molecule has 210 valence electrons. The predicted octanol–water partition coefficient (Wildman–Crippen LogP) is 4.80. The number of hydrogen-bond acceptors (Lipinski definition) is 8. The Morgan fingerprint density at radius 2 is 1.68 bits per heavy atom. The third kappa shape index (κ3) is 8.12. The third-order valence-corrected chi connectivity index (χ3v) is 7.42. The lowest BCUT2D eigenvalue weighted by molar-refractivity contribution is -0.245. The normalized spacial score (nSPS) is 18.7. The zero-order valence-electron chi connectivity index (χ0n) is 21.6. The molecule has 2 aromatic carbocycles. The fourth-order valence-electron chi connectivity index (χ4n) is 4.21. The number of aliphatic carboxylic acids is 1. The number of carbonyl (C=O) groups excluding carboxylic acids is 1. The molecule has 4 N–H and O–H groups in total. The second-order valence-corrected chi connectivity index (χ2v) is 10.2. The number of aliphatic hydroxyl groups is 1. The highest BCUT2D eigenvalue weighted by Crippen LogP contribution is 2.39. The highest BCUT2D eigenvalue weighted by molar-refractivity contribution is 7.99. The minimum Gasteiger partial charge on any atom is -0.481 e. The van der Waals surface area contributed by atoms with Gasteiger partial charge >= 0.3 is 11.9 Å². The molecule has 2 heterocycles. The molecule has 1 aliphatic heterocycles. The van der Waals surface area contributed by atoms with Crippen LogP contribution in [0.25, 0.3) is 0 Å². The van der Waals surface area contributed by atoms with Gasteiger partial charge in [-0.1, -0.05) is 36.4 Å². The van der Waals surface area contributed by atoms with Gasteiger partial charge in [-0.15, -0.1) is 11.8 Å². The zero-order chi connectivity index (χ0) is 28.5. The number of benzene rings is 2. The van der Waals surface area contributed by atoms with Crippen LogP contribution in [-0.2, 0) is 25.7 Å². The van der Waals surface area contributed by atoms with E-state index in [9.17, 15) is 24.6 Å². The number of anilines is 1. The van der Waals surface area contributed by atoms with E-state index in [1.807, 2.05) is 24.3 Å². The van der Waals surface area contributed by atoms with Crippen molar-refractivity contribution in [2.24, 2.45) is 0 Å². The lowest BCUT2D eigenvalue weighted by atomic mass is 10.0. The van der Waals surface area contributed by atoms with Crippen molar-refractivity contribution in [2.45, 2.75) is 55.8 Å². The van der Waals surface area contributed by atoms with Crippen molar-refractivity contribution in [3.05, 3.63) is 89.1 Å². The highest BCUT2D eigenvalue weighted by atomic mass is 32.2. The first-order chi connectivity index (χ1) is 19.3. The molecule has 1 aromatic heterocycles. The highest BCUT2D eigenvalue weighted by Gasteiger charge is 2.32. The molecular formula is C29H30N2O8S. The van der Waals surface area contributed by atoms with E-state index in [0.29, 0.717) is 22.9 Å². The Morgan fingerprint density at radius 1 is 0.950 bits per heavy atom. The van der Waals surface area contributed by atoms with Gasteiger partial charge in [-0.3, -0.25) is 9.59 Å². The number of rotatable bonds is 12. The van der Waals surface area contributed by atoms with E-state index in [2.05, 4.69) is 10.3 Å². The van der Waals surface area contributed by atoms with Crippen LogP contribution in [0.2, 0.25) is 0 Å². The van der Waals surface area contributed by atoms with Gasteiger partial charge < -0.3 is 30.1 Å².